The van der Waals surface area contributed by atoms with Gasteiger partial charge in [-0.3, -0.25) is 9.69 Å². The molecule has 0 amide bonds. The van der Waals surface area contributed by atoms with Gasteiger partial charge in [-0.15, -0.1) is 6.42 Å². The highest BCUT2D eigenvalue weighted by Gasteiger charge is 2.35. The third-order valence-electron chi connectivity index (χ3n) is 2.70. The molecule has 0 aromatic rings. The second-order valence-electron chi connectivity index (χ2n) is 4.95. The molecule has 1 atom stereocenters. The molecule has 1 aliphatic rings. The Balaban J connectivity index is 2.68. The highest BCUT2D eigenvalue weighted by atomic mass is 16.1. The van der Waals surface area contributed by atoms with Crippen molar-refractivity contribution in [3.63, 3.8) is 0 Å². The second kappa shape index (κ2) is 4.14. The molecule has 78 valence electrons. The van der Waals surface area contributed by atoms with Crippen molar-refractivity contribution >= 4 is 5.78 Å². The maximum absolute atomic E-state index is 12.0. The van der Waals surface area contributed by atoms with Crippen molar-refractivity contribution in [1.82, 2.24) is 4.90 Å². The van der Waals surface area contributed by atoms with E-state index in [4.69, 9.17) is 6.42 Å². The lowest BCUT2D eigenvalue weighted by molar-refractivity contribution is -0.130. The molecule has 0 bridgehead atoms. The third-order valence-corrected chi connectivity index (χ3v) is 2.70. The summed E-state index contributed by atoms with van der Waals surface area (Å²) in [5.74, 6) is 2.94. The fraction of sp³-hybridized carbons (Fsp3) is 0.750. The Morgan fingerprint density at radius 2 is 2.21 bits per heavy atom. The largest absolute Gasteiger partial charge is 0.297 e. The van der Waals surface area contributed by atoms with Crippen LogP contribution < -0.4 is 0 Å². The molecule has 2 heteroatoms. The van der Waals surface area contributed by atoms with Gasteiger partial charge in [0.25, 0.3) is 0 Å². The van der Waals surface area contributed by atoms with Crippen LogP contribution in [-0.2, 0) is 4.79 Å². The zero-order valence-corrected chi connectivity index (χ0v) is 9.34. The first-order chi connectivity index (χ1) is 6.46. The fourth-order valence-electron chi connectivity index (χ4n) is 1.93. The van der Waals surface area contributed by atoms with Gasteiger partial charge < -0.3 is 0 Å². The molecular weight excluding hydrogens is 174 g/mol. The topological polar surface area (TPSA) is 20.3 Å². The number of carbonyl (C=O) groups excluding carboxylic acids is 1. The van der Waals surface area contributed by atoms with Crippen LogP contribution in [0.1, 0.15) is 33.6 Å². The van der Waals surface area contributed by atoms with E-state index in [1.807, 2.05) is 20.8 Å². The van der Waals surface area contributed by atoms with Crippen LogP contribution in [0.25, 0.3) is 0 Å². The summed E-state index contributed by atoms with van der Waals surface area (Å²) in [4.78, 5) is 14.2. The number of likely N-dealkylation sites (tertiary alicyclic amines) is 1. The van der Waals surface area contributed by atoms with Crippen molar-refractivity contribution in [2.75, 3.05) is 13.1 Å². The Bertz CT molecular complexity index is 256. The van der Waals surface area contributed by atoms with Crippen LogP contribution in [0.15, 0.2) is 0 Å². The van der Waals surface area contributed by atoms with Gasteiger partial charge in [-0.05, 0) is 19.4 Å². The average Bonchev–Trinajstić information content (AvgIpc) is 2.50. The Kier molecular flexibility index (Phi) is 3.34. The summed E-state index contributed by atoms with van der Waals surface area (Å²) in [6.07, 6.45) is 7.34. The standard InChI is InChI=1S/C12H19NO/c1-5-8-13-9-6-7-10(13)11(14)12(2,3)4/h1,10H,6-9H2,2-4H3. The van der Waals surface area contributed by atoms with E-state index >= 15 is 0 Å². The number of hydrogen-bond acceptors (Lipinski definition) is 2. The van der Waals surface area contributed by atoms with Crippen molar-refractivity contribution in [1.29, 1.82) is 0 Å². The minimum Gasteiger partial charge on any atom is -0.297 e. The zero-order chi connectivity index (χ0) is 10.8. The Hall–Kier alpha value is -0.810. The number of terminal acetylenes is 1. The lowest BCUT2D eigenvalue weighted by Crippen LogP contribution is -2.42. The molecule has 1 unspecified atom stereocenters. The highest BCUT2D eigenvalue weighted by molar-refractivity contribution is 5.89. The normalized spacial score (nSPS) is 23.4. The summed E-state index contributed by atoms with van der Waals surface area (Å²) in [7, 11) is 0. The zero-order valence-electron chi connectivity index (χ0n) is 9.34. The summed E-state index contributed by atoms with van der Waals surface area (Å²) in [5.41, 5.74) is -0.248. The predicted molar refractivity (Wildman–Crippen MR) is 57.9 cm³/mol. The molecule has 0 N–H and O–H groups in total. The van der Waals surface area contributed by atoms with Gasteiger partial charge in [-0.25, -0.2) is 0 Å². The van der Waals surface area contributed by atoms with Gasteiger partial charge in [0.1, 0.15) is 0 Å². The Morgan fingerprint density at radius 1 is 1.57 bits per heavy atom. The molecule has 0 aromatic carbocycles. The summed E-state index contributed by atoms with van der Waals surface area (Å²) >= 11 is 0. The molecule has 0 saturated carbocycles. The highest BCUT2D eigenvalue weighted by Crippen LogP contribution is 2.26. The summed E-state index contributed by atoms with van der Waals surface area (Å²) in [6.45, 7) is 7.49. The van der Waals surface area contributed by atoms with Crippen LogP contribution in [0.4, 0.5) is 0 Å². The molecule has 1 fully saturated rings. The van der Waals surface area contributed by atoms with Crippen LogP contribution in [0, 0.1) is 17.8 Å². The first-order valence-corrected chi connectivity index (χ1v) is 5.18. The molecule has 0 radical (unpaired) electrons. The summed E-state index contributed by atoms with van der Waals surface area (Å²) in [6, 6.07) is 0.0612. The van der Waals surface area contributed by atoms with Crippen molar-refractivity contribution in [2.24, 2.45) is 5.41 Å². The van der Waals surface area contributed by atoms with Gasteiger partial charge in [0.2, 0.25) is 0 Å². The maximum atomic E-state index is 12.0. The minimum absolute atomic E-state index is 0.0612. The summed E-state index contributed by atoms with van der Waals surface area (Å²) < 4.78 is 0. The molecule has 1 heterocycles. The molecule has 0 aromatic heterocycles. The predicted octanol–water partition coefficient (Wildman–Crippen LogP) is 1.70. The van der Waals surface area contributed by atoms with E-state index in [0.717, 1.165) is 19.4 Å². The van der Waals surface area contributed by atoms with Crippen LogP contribution in [0.2, 0.25) is 0 Å². The van der Waals surface area contributed by atoms with Crippen molar-refractivity contribution in [3.8, 4) is 12.3 Å². The van der Waals surface area contributed by atoms with Crippen LogP contribution in [0.5, 0.6) is 0 Å². The van der Waals surface area contributed by atoms with Crippen molar-refractivity contribution in [2.45, 2.75) is 39.7 Å². The van der Waals surface area contributed by atoms with Crippen LogP contribution in [0.3, 0.4) is 0 Å². The van der Waals surface area contributed by atoms with E-state index < -0.39 is 0 Å². The van der Waals surface area contributed by atoms with E-state index in [2.05, 4.69) is 10.8 Å². The molecule has 0 spiro atoms. The first-order valence-electron chi connectivity index (χ1n) is 5.18. The van der Waals surface area contributed by atoms with E-state index in [-0.39, 0.29) is 11.5 Å². The quantitative estimate of drug-likeness (QED) is 0.622. The number of rotatable bonds is 2. The van der Waals surface area contributed by atoms with Gasteiger partial charge in [0, 0.05) is 5.41 Å². The molecule has 1 aliphatic heterocycles. The van der Waals surface area contributed by atoms with E-state index in [1.54, 1.807) is 0 Å². The van der Waals surface area contributed by atoms with E-state index in [1.165, 1.54) is 0 Å². The van der Waals surface area contributed by atoms with Gasteiger partial charge in [-0.1, -0.05) is 26.7 Å². The lowest BCUT2D eigenvalue weighted by Gasteiger charge is -2.27. The average molecular weight is 193 g/mol. The van der Waals surface area contributed by atoms with E-state index in [0.29, 0.717) is 12.3 Å². The third kappa shape index (κ3) is 2.36. The van der Waals surface area contributed by atoms with Gasteiger partial charge >= 0.3 is 0 Å². The monoisotopic (exact) mass is 193 g/mol. The van der Waals surface area contributed by atoms with Crippen molar-refractivity contribution < 1.29 is 4.79 Å². The Morgan fingerprint density at radius 3 is 2.71 bits per heavy atom. The molecule has 1 rings (SSSR count). The fourth-order valence-corrected chi connectivity index (χ4v) is 1.93. The number of nitrogens with zero attached hydrogens (tertiary/aromatic N) is 1. The Labute approximate surface area is 86.7 Å². The first kappa shape index (κ1) is 11.3. The van der Waals surface area contributed by atoms with Crippen LogP contribution in [-0.4, -0.2) is 29.8 Å². The lowest BCUT2D eigenvalue weighted by atomic mass is 9.85. The van der Waals surface area contributed by atoms with Gasteiger partial charge in [0.05, 0.1) is 12.6 Å². The minimum atomic E-state index is -0.248. The second-order valence-corrected chi connectivity index (χ2v) is 4.95. The number of Topliss-reactive ketones (excluding diaryl/α,β-unsaturated/α-hetero) is 1. The molecule has 0 aliphatic carbocycles. The molecule has 1 saturated heterocycles. The van der Waals surface area contributed by atoms with E-state index in [9.17, 15) is 4.79 Å². The molecule has 14 heavy (non-hydrogen) atoms. The van der Waals surface area contributed by atoms with Crippen molar-refractivity contribution in [3.05, 3.63) is 0 Å². The number of ketones is 1. The van der Waals surface area contributed by atoms with Gasteiger partial charge in [0.15, 0.2) is 5.78 Å². The molecular formula is C12H19NO. The molecule has 2 nitrogen and oxygen atoms in total. The SMILES string of the molecule is C#CCN1CCCC1C(=O)C(C)(C)C. The van der Waals surface area contributed by atoms with Crippen LogP contribution >= 0.6 is 0 Å². The summed E-state index contributed by atoms with van der Waals surface area (Å²) in [5, 5.41) is 0. The smallest absolute Gasteiger partial charge is 0.155 e. The maximum Gasteiger partial charge on any atom is 0.155 e. The number of carbonyl (C=O) groups is 1. The number of hydrogen-bond donors (Lipinski definition) is 0. The van der Waals surface area contributed by atoms with Gasteiger partial charge in [-0.2, -0.15) is 0 Å².